The van der Waals surface area contributed by atoms with Crippen molar-refractivity contribution in [2.45, 2.75) is 26.4 Å². The summed E-state index contributed by atoms with van der Waals surface area (Å²) in [6.07, 6.45) is 0. The van der Waals surface area contributed by atoms with Crippen LogP contribution in [0, 0.1) is 6.92 Å². The highest BCUT2D eigenvalue weighted by atomic mass is 32.1. The van der Waals surface area contributed by atoms with Gasteiger partial charge >= 0.3 is 0 Å². The van der Waals surface area contributed by atoms with Gasteiger partial charge in [0, 0.05) is 6.54 Å². The van der Waals surface area contributed by atoms with Gasteiger partial charge < -0.3 is 25.9 Å². The fourth-order valence-corrected chi connectivity index (χ4v) is 4.64. The molecule has 5 N–H and O–H groups in total. The Hall–Kier alpha value is -4.64. The molecule has 4 aromatic rings. The average Bonchev–Trinajstić information content (AvgIpc) is 3.52. The molecule has 11 heteroatoms. The molecule has 0 aliphatic rings. The van der Waals surface area contributed by atoms with Crippen molar-refractivity contribution in [3.05, 3.63) is 94.4 Å². The molecular weight excluding hydrogens is 506 g/mol. The first-order chi connectivity index (χ1) is 18.3. The first kappa shape index (κ1) is 26.4. The Morgan fingerprint density at radius 2 is 1.79 bits per heavy atom. The van der Waals surface area contributed by atoms with Crippen LogP contribution < -0.4 is 26.4 Å². The van der Waals surface area contributed by atoms with E-state index in [1.54, 1.807) is 43.3 Å². The van der Waals surface area contributed by atoms with Crippen LogP contribution in [0.2, 0.25) is 0 Å². The number of aromatic nitrogens is 1. The van der Waals surface area contributed by atoms with E-state index < -0.39 is 23.8 Å². The second-order valence-electron chi connectivity index (χ2n) is 8.27. The van der Waals surface area contributed by atoms with Gasteiger partial charge in [-0.05, 0) is 55.2 Å². The molecule has 2 aromatic heterocycles. The van der Waals surface area contributed by atoms with Crippen molar-refractivity contribution in [2.24, 2.45) is 5.73 Å². The molecule has 38 heavy (non-hydrogen) atoms. The van der Waals surface area contributed by atoms with E-state index in [-0.39, 0.29) is 28.6 Å². The number of hydrogen-bond acceptors (Lipinski definition) is 8. The van der Waals surface area contributed by atoms with Gasteiger partial charge in [-0.2, -0.15) is 4.37 Å². The Morgan fingerprint density at radius 3 is 2.42 bits per heavy atom. The number of nitrogens with one attached hydrogen (secondary N) is 1. The lowest BCUT2D eigenvalue weighted by Crippen LogP contribution is -2.44. The summed E-state index contributed by atoms with van der Waals surface area (Å²) in [5.41, 5.74) is 12.3. The Bertz CT molecular complexity index is 1450. The zero-order chi connectivity index (χ0) is 27.2. The second-order valence-corrected chi connectivity index (χ2v) is 9.04. The van der Waals surface area contributed by atoms with Gasteiger partial charge in [0.2, 0.25) is 0 Å². The molecule has 3 amide bonds. The fourth-order valence-electron chi connectivity index (χ4n) is 3.89. The van der Waals surface area contributed by atoms with Crippen LogP contribution in [0.4, 0.5) is 11.4 Å². The van der Waals surface area contributed by atoms with Gasteiger partial charge in [0.1, 0.15) is 22.1 Å². The van der Waals surface area contributed by atoms with Gasteiger partial charge in [0.05, 0.1) is 18.0 Å². The number of carbonyl (C=O) groups excluding carboxylic acids is 3. The molecule has 0 saturated heterocycles. The Balaban J connectivity index is 1.85. The fraction of sp³-hybridized carbons (Fsp3) is 0.185. The molecule has 0 bridgehead atoms. The lowest BCUT2D eigenvalue weighted by Gasteiger charge is -2.31. The number of nitrogens with zero attached hydrogens (tertiary/aromatic N) is 2. The van der Waals surface area contributed by atoms with Gasteiger partial charge in [-0.1, -0.05) is 42.5 Å². The van der Waals surface area contributed by atoms with Crippen LogP contribution in [0.5, 0.6) is 5.75 Å². The maximum absolute atomic E-state index is 14.1. The standard InChI is InChI=1S/C27H27N5O5S/c1-3-36-19-12-8-7-11-18(19)32(27(35)24-21(28)22(25(29)33)31-38-24)23(20-14-13-16(2)37-20)26(34)30-15-17-9-5-4-6-10-17/h4-14,23H,3,15,28H2,1-2H3,(H2,29,33)(H,30,34)/t23-/m1/s1. The van der Waals surface area contributed by atoms with Crippen molar-refractivity contribution in [1.29, 1.82) is 0 Å². The van der Waals surface area contributed by atoms with Crippen LogP contribution in [-0.4, -0.2) is 28.7 Å². The molecule has 1 atom stereocenters. The van der Waals surface area contributed by atoms with Crippen molar-refractivity contribution in [1.82, 2.24) is 9.69 Å². The minimum Gasteiger partial charge on any atom is -0.492 e. The maximum atomic E-state index is 14.1. The summed E-state index contributed by atoms with van der Waals surface area (Å²) in [5, 5.41) is 2.90. The molecule has 0 aliphatic carbocycles. The lowest BCUT2D eigenvalue weighted by atomic mass is 10.1. The van der Waals surface area contributed by atoms with Crippen molar-refractivity contribution in [2.75, 3.05) is 17.2 Å². The van der Waals surface area contributed by atoms with Gasteiger partial charge in [-0.3, -0.25) is 19.3 Å². The molecule has 0 aliphatic heterocycles. The summed E-state index contributed by atoms with van der Waals surface area (Å²) in [6.45, 7) is 4.09. The SMILES string of the molecule is CCOc1ccccc1N(C(=O)c1snc(C(N)=O)c1N)[C@@H](C(=O)NCc1ccccc1)c1ccc(C)o1. The van der Waals surface area contributed by atoms with Crippen LogP contribution in [0.15, 0.2) is 71.1 Å². The van der Waals surface area contributed by atoms with E-state index in [2.05, 4.69) is 9.69 Å². The Morgan fingerprint density at radius 1 is 1.08 bits per heavy atom. The maximum Gasteiger partial charge on any atom is 0.273 e. The number of carbonyl (C=O) groups is 3. The molecule has 2 aromatic carbocycles. The number of amides is 3. The van der Waals surface area contributed by atoms with Crippen LogP contribution in [-0.2, 0) is 11.3 Å². The Kier molecular flexibility index (Phi) is 8.07. The van der Waals surface area contributed by atoms with Crippen LogP contribution in [0.1, 0.15) is 50.2 Å². The van der Waals surface area contributed by atoms with Crippen molar-refractivity contribution in [3.63, 3.8) is 0 Å². The van der Waals surface area contributed by atoms with E-state index in [1.165, 1.54) is 4.90 Å². The van der Waals surface area contributed by atoms with E-state index in [0.29, 0.717) is 23.8 Å². The third-order valence-corrected chi connectivity index (χ3v) is 6.50. The van der Waals surface area contributed by atoms with Crippen molar-refractivity contribution < 1.29 is 23.5 Å². The quantitative estimate of drug-likeness (QED) is 0.280. The zero-order valence-corrected chi connectivity index (χ0v) is 21.7. The normalized spacial score (nSPS) is 11.5. The molecule has 10 nitrogen and oxygen atoms in total. The number of primary amides is 1. The van der Waals surface area contributed by atoms with Gasteiger partial charge in [0.15, 0.2) is 11.7 Å². The van der Waals surface area contributed by atoms with Crippen LogP contribution in [0.3, 0.4) is 0 Å². The zero-order valence-electron chi connectivity index (χ0n) is 20.8. The summed E-state index contributed by atoms with van der Waals surface area (Å²) in [5.74, 6) is -0.885. The lowest BCUT2D eigenvalue weighted by molar-refractivity contribution is -0.123. The van der Waals surface area contributed by atoms with E-state index in [0.717, 1.165) is 17.1 Å². The number of hydrogen-bond donors (Lipinski definition) is 3. The minimum absolute atomic E-state index is 0.0470. The number of nitrogen functional groups attached to an aromatic ring is 1. The minimum atomic E-state index is -1.25. The summed E-state index contributed by atoms with van der Waals surface area (Å²) in [6, 6.07) is 18.3. The number of furan rings is 1. The largest absolute Gasteiger partial charge is 0.492 e. The summed E-state index contributed by atoms with van der Waals surface area (Å²) in [7, 11) is 0. The molecule has 0 radical (unpaired) electrons. The third-order valence-electron chi connectivity index (χ3n) is 5.65. The number of aryl methyl sites for hydroxylation is 1. The van der Waals surface area contributed by atoms with Gasteiger partial charge in [-0.25, -0.2) is 0 Å². The van der Waals surface area contributed by atoms with Crippen molar-refractivity contribution in [3.8, 4) is 5.75 Å². The summed E-state index contributed by atoms with van der Waals surface area (Å²) >= 11 is 0.724. The summed E-state index contributed by atoms with van der Waals surface area (Å²) in [4.78, 5) is 41.0. The average molecular weight is 534 g/mol. The van der Waals surface area contributed by atoms with E-state index >= 15 is 0 Å². The van der Waals surface area contributed by atoms with Gasteiger partial charge in [0.25, 0.3) is 17.7 Å². The molecule has 4 rings (SSSR count). The first-order valence-electron chi connectivity index (χ1n) is 11.8. The molecular formula is C27H27N5O5S. The monoisotopic (exact) mass is 533 g/mol. The smallest absolute Gasteiger partial charge is 0.273 e. The van der Waals surface area contributed by atoms with E-state index in [1.807, 2.05) is 37.3 Å². The van der Waals surface area contributed by atoms with Crippen LogP contribution in [0.25, 0.3) is 0 Å². The van der Waals surface area contributed by atoms with Gasteiger partial charge in [-0.15, -0.1) is 0 Å². The highest BCUT2D eigenvalue weighted by Crippen LogP contribution is 2.38. The molecule has 2 heterocycles. The topological polar surface area (TPSA) is 154 Å². The third kappa shape index (κ3) is 5.52. The number of para-hydroxylation sites is 2. The van der Waals surface area contributed by atoms with E-state index in [4.69, 9.17) is 20.6 Å². The Labute approximate surface area is 223 Å². The first-order valence-corrected chi connectivity index (χ1v) is 12.6. The number of anilines is 2. The number of rotatable bonds is 10. The second kappa shape index (κ2) is 11.6. The molecule has 0 unspecified atom stereocenters. The number of benzene rings is 2. The molecule has 0 saturated carbocycles. The predicted octanol–water partition coefficient (Wildman–Crippen LogP) is 3.83. The summed E-state index contributed by atoms with van der Waals surface area (Å²) < 4.78 is 15.6. The number of nitrogens with two attached hydrogens (primary N) is 2. The number of ether oxygens (including phenoxy) is 1. The highest BCUT2D eigenvalue weighted by Gasteiger charge is 2.39. The molecule has 196 valence electrons. The predicted molar refractivity (Wildman–Crippen MR) is 144 cm³/mol. The molecule has 0 fully saturated rings. The highest BCUT2D eigenvalue weighted by molar-refractivity contribution is 7.09. The van der Waals surface area contributed by atoms with Crippen molar-refractivity contribution >= 4 is 40.6 Å². The van der Waals surface area contributed by atoms with Crippen LogP contribution >= 0.6 is 11.5 Å². The molecule has 0 spiro atoms. The van der Waals surface area contributed by atoms with E-state index in [9.17, 15) is 14.4 Å².